The minimum atomic E-state index is -0.645. The highest BCUT2D eigenvalue weighted by Crippen LogP contribution is 2.20. The SMILES string of the molecule is OC1CCCSN1O. The third-order valence-electron chi connectivity index (χ3n) is 1.09. The molecule has 0 bridgehead atoms. The summed E-state index contributed by atoms with van der Waals surface area (Å²) in [4.78, 5) is 0. The summed E-state index contributed by atoms with van der Waals surface area (Å²) in [7, 11) is 0. The zero-order valence-electron chi connectivity index (χ0n) is 4.45. The van der Waals surface area contributed by atoms with E-state index in [1.54, 1.807) is 0 Å². The molecule has 1 aliphatic heterocycles. The number of hydrogen-bond acceptors (Lipinski definition) is 4. The van der Waals surface area contributed by atoms with Gasteiger partial charge in [-0.1, -0.05) is 0 Å². The van der Waals surface area contributed by atoms with Crippen LogP contribution in [0, 0.1) is 0 Å². The second kappa shape index (κ2) is 2.68. The summed E-state index contributed by atoms with van der Waals surface area (Å²) < 4.78 is 0.906. The van der Waals surface area contributed by atoms with Crippen molar-refractivity contribution < 1.29 is 10.3 Å². The van der Waals surface area contributed by atoms with Crippen LogP contribution in [0.4, 0.5) is 0 Å². The lowest BCUT2D eigenvalue weighted by Crippen LogP contribution is -2.29. The molecule has 1 aliphatic rings. The van der Waals surface area contributed by atoms with E-state index in [1.807, 2.05) is 0 Å². The van der Waals surface area contributed by atoms with Gasteiger partial charge in [-0.15, -0.1) is 4.47 Å². The van der Waals surface area contributed by atoms with Crippen LogP contribution in [0.3, 0.4) is 0 Å². The molecule has 0 radical (unpaired) electrons. The maximum Gasteiger partial charge on any atom is 0.141 e. The second-order valence-corrected chi connectivity index (χ2v) is 2.80. The van der Waals surface area contributed by atoms with E-state index in [0.29, 0.717) is 6.42 Å². The second-order valence-electron chi connectivity index (χ2n) is 1.76. The van der Waals surface area contributed by atoms with Gasteiger partial charge in [-0.3, -0.25) is 0 Å². The van der Waals surface area contributed by atoms with E-state index in [1.165, 1.54) is 11.9 Å². The molecule has 0 aromatic carbocycles. The van der Waals surface area contributed by atoms with E-state index in [2.05, 4.69) is 0 Å². The number of aliphatic hydroxyl groups is 1. The minimum Gasteiger partial charge on any atom is -0.375 e. The van der Waals surface area contributed by atoms with Crippen LogP contribution >= 0.6 is 11.9 Å². The molecule has 1 heterocycles. The van der Waals surface area contributed by atoms with Crippen LogP contribution in [-0.4, -0.2) is 26.8 Å². The Hall–Kier alpha value is 0.230. The molecule has 4 heteroatoms. The Morgan fingerprint density at radius 2 is 2.38 bits per heavy atom. The van der Waals surface area contributed by atoms with E-state index >= 15 is 0 Å². The number of rotatable bonds is 0. The maximum atomic E-state index is 8.83. The van der Waals surface area contributed by atoms with Crippen molar-refractivity contribution in [1.29, 1.82) is 0 Å². The van der Waals surface area contributed by atoms with Crippen molar-refractivity contribution in [1.82, 2.24) is 4.47 Å². The lowest BCUT2D eigenvalue weighted by atomic mass is 10.3. The Balaban J connectivity index is 2.28. The summed E-state index contributed by atoms with van der Waals surface area (Å²) in [5, 5.41) is 17.6. The first-order valence-electron chi connectivity index (χ1n) is 2.60. The average molecular weight is 135 g/mol. The van der Waals surface area contributed by atoms with Crippen molar-refractivity contribution >= 4 is 11.9 Å². The van der Waals surface area contributed by atoms with Gasteiger partial charge in [-0.05, 0) is 24.8 Å². The molecule has 48 valence electrons. The molecule has 2 N–H and O–H groups in total. The van der Waals surface area contributed by atoms with E-state index in [0.717, 1.165) is 16.6 Å². The van der Waals surface area contributed by atoms with E-state index in [4.69, 9.17) is 10.3 Å². The number of nitrogens with zero attached hydrogens (tertiary/aromatic N) is 1. The molecular formula is C4H9NO2S. The van der Waals surface area contributed by atoms with Crippen LogP contribution in [0.1, 0.15) is 12.8 Å². The largest absolute Gasteiger partial charge is 0.375 e. The third kappa shape index (κ3) is 1.35. The van der Waals surface area contributed by atoms with Gasteiger partial charge < -0.3 is 10.3 Å². The fourth-order valence-electron chi connectivity index (χ4n) is 0.620. The first-order valence-corrected chi connectivity index (χ1v) is 3.54. The van der Waals surface area contributed by atoms with Gasteiger partial charge in [0.15, 0.2) is 0 Å². The smallest absolute Gasteiger partial charge is 0.141 e. The summed E-state index contributed by atoms with van der Waals surface area (Å²) in [6, 6.07) is 0. The quantitative estimate of drug-likeness (QED) is 0.473. The van der Waals surface area contributed by atoms with Gasteiger partial charge in [0.2, 0.25) is 0 Å². The Morgan fingerprint density at radius 3 is 2.75 bits per heavy atom. The van der Waals surface area contributed by atoms with Crippen LogP contribution in [0.15, 0.2) is 0 Å². The van der Waals surface area contributed by atoms with Crippen LogP contribution in [0.25, 0.3) is 0 Å². The standard InChI is InChI=1S/C4H9NO2S/c6-4-2-1-3-8-5(4)7/h4,6-7H,1-3H2. The van der Waals surface area contributed by atoms with Crippen LogP contribution in [0.5, 0.6) is 0 Å². The van der Waals surface area contributed by atoms with Gasteiger partial charge in [0, 0.05) is 5.75 Å². The molecular weight excluding hydrogens is 126 g/mol. The van der Waals surface area contributed by atoms with Crippen molar-refractivity contribution in [2.75, 3.05) is 5.75 Å². The van der Waals surface area contributed by atoms with Crippen molar-refractivity contribution in [3.8, 4) is 0 Å². The normalized spacial score (nSPS) is 33.0. The first-order chi connectivity index (χ1) is 3.80. The molecule has 0 aliphatic carbocycles. The Kier molecular flexibility index (Phi) is 2.13. The summed E-state index contributed by atoms with van der Waals surface area (Å²) in [6.45, 7) is 0. The molecule has 0 spiro atoms. The van der Waals surface area contributed by atoms with Gasteiger partial charge in [0.05, 0.1) is 0 Å². The van der Waals surface area contributed by atoms with E-state index in [-0.39, 0.29) is 0 Å². The zero-order chi connectivity index (χ0) is 5.98. The molecule has 0 saturated carbocycles. The van der Waals surface area contributed by atoms with Gasteiger partial charge in [-0.2, -0.15) is 0 Å². The highest BCUT2D eigenvalue weighted by molar-refractivity contribution is 7.96. The first kappa shape index (κ1) is 6.35. The van der Waals surface area contributed by atoms with Gasteiger partial charge in [0.1, 0.15) is 6.23 Å². The minimum absolute atomic E-state index is 0.645. The summed E-state index contributed by atoms with van der Waals surface area (Å²) in [5.74, 6) is 0.910. The molecule has 1 atom stereocenters. The van der Waals surface area contributed by atoms with Gasteiger partial charge >= 0.3 is 0 Å². The van der Waals surface area contributed by atoms with Gasteiger partial charge in [0.25, 0.3) is 0 Å². The number of hydrogen-bond donors (Lipinski definition) is 2. The van der Waals surface area contributed by atoms with Crippen LogP contribution in [-0.2, 0) is 0 Å². The Morgan fingerprint density at radius 1 is 1.62 bits per heavy atom. The van der Waals surface area contributed by atoms with Crippen molar-refractivity contribution in [3.63, 3.8) is 0 Å². The third-order valence-corrected chi connectivity index (χ3v) is 2.06. The summed E-state index contributed by atoms with van der Waals surface area (Å²) in [6.07, 6.45) is 1.03. The van der Waals surface area contributed by atoms with Crippen LogP contribution < -0.4 is 0 Å². The Labute approximate surface area is 52.4 Å². The highest BCUT2D eigenvalue weighted by Gasteiger charge is 2.17. The molecule has 1 fully saturated rings. The molecule has 8 heavy (non-hydrogen) atoms. The molecule has 0 aromatic heterocycles. The molecule has 1 unspecified atom stereocenters. The molecule has 0 aromatic rings. The van der Waals surface area contributed by atoms with Crippen LogP contribution in [0.2, 0.25) is 0 Å². The lowest BCUT2D eigenvalue weighted by molar-refractivity contribution is -0.120. The number of hydroxylamine groups is 1. The maximum absolute atomic E-state index is 8.83. The fourth-order valence-corrected chi connectivity index (χ4v) is 1.38. The van der Waals surface area contributed by atoms with Crippen molar-refractivity contribution in [2.45, 2.75) is 19.1 Å². The molecule has 3 nitrogen and oxygen atoms in total. The molecule has 1 saturated heterocycles. The van der Waals surface area contributed by atoms with Crippen molar-refractivity contribution in [2.24, 2.45) is 0 Å². The predicted molar refractivity (Wildman–Crippen MR) is 31.3 cm³/mol. The zero-order valence-corrected chi connectivity index (χ0v) is 5.27. The predicted octanol–water partition coefficient (Wildman–Crippen LogP) is 0.438. The number of aliphatic hydroxyl groups excluding tert-OH is 1. The monoisotopic (exact) mass is 135 g/mol. The van der Waals surface area contributed by atoms with E-state index < -0.39 is 6.23 Å². The lowest BCUT2D eigenvalue weighted by Gasteiger charge is -2.24. The fraction of sp³-hybridized carbons (Fsp3) is 1.00. The molecule has 1 rings (SSSR count). The van der Waals surface area contributed by atoms with Crippen molar-refractivity contribution in [3.05, 3.63) is 0 Å². The van der Waals surface area contributed by atoms with Gasteiger partial charge in [-0.25, -0.2) is 0 Å². The highest BCUT2D eigenvalue weighted by atomic mass is 32.2. The molecule has 0 amide bonds. The summed E-state index contributed by atoms with van der Waals surface area (Å²) in [5.41, 5.74) is 0. The topological polar surface area (TPSA) is 43.7 Å². The Bertz CT molecular complexity index is 70.4. The van der Waals surface area contributed by atoms with E-state index in [9.17, 15) is 0 Å². The summed E-state index contributed by atoms with van der Waals surface area (Å²) >= 11 is 1.27. The average Bonchev–Trinajstić information content (AvgIpc) is 1.77.